The van der Waals surface area contributed by atoms with Crippen LogP contribution in [0.2, 0.25) is 0 Å². The Morgan fingerprint density at radius 1 is 0.821 bits per heavy atom. The molecule has 0 N–H and O–H groups in total. The Labute approximate surface area is 178 Å². The summed E-state index contributed by atoms with van der Waals surface area (Å²) in [5.41, 5.74) is 0. The number of likely N-dealkylation sites (N-methyl/N-ethyl adjacent to an activating group) is 1. The Balaban J connectivity index is 0. The quantitative estimate of drug-likeness (QED) is 0.396. The van der Waals surface area contributed by atoms with Gasteiger partial charge in [-0.05, 0) is 30.7 Å². The van der Waals surface area contributed by atoms with E-state index in [1.165, 1.54) is 32.1 Å². The van der Waals surface area contributed by atoms with Gasteiger partial charge in [0.1, 0.15) is 5.78 Å². The molecule has 1 saturated heterocycles. The number of rotatable bonds is 11. The molecule has 0 aromatic heterocycles. The zero-order valence-electron chi connectivity index (χ0n) is 21.0. The van der Waals surface area contributed by atoms with Crippen LogP contribution >= 0.6 is 0 Å². The van der Waals surface area contributed by atoms with Crippen LogP contribution in [0.5, 0.6) is 0 Å². The van der Waals surface area contributed by atoms with Gasteiger partial charge in [-0.15, -0.1) is 0 Å². The smallest absolute Gasteiger partial charge is 0.146 e. The predicted octanol–water partition coefficient (Wildman–Crippen LogP) is 6.51. The van der Waals surface area contributed by atoms with Crippen LogP contribution in [-0.2, 0) is 4.79 Å². The van der Waals surface area contributed by atoms with Crippen LogP contribution in [0, 0.1) is 17.8 Å². The summed E-state index contributed by atoms with van der Waals surface area (Å²) in [6.45, 7) is 26.0. The first-order chi connectivity index (χ1) is 13.4. The molecule has 28 heavy (non-hydrogen) atoms. The van der Waals surface area contributed by atoms with Gasteiger partial charge in [-0.1, -0.05) is 88.0 Å². The van der Waals surface area contributed by atoms with Crippen molar-refractivity contribution in [3.8, 4) is 0 Å². The van der Waals surface area contributed by atoms with Crippen LogP contribution < -0.4 is 0 Å². The van der Waals surface area contributed by atoms with Crippen LogP contribution in [0.3, 0.4) is 0 Å². The number of hydrogen-bond acceptors (Lipinski definition) is 3. The second kappa shape index (κ2) is 19.9. The van der Waals surface area contributed by atoms with E-state index in [9.17, 15) is 4.79 Å². The predicted molar refractivity (Wildman–Crippen MR) is 127 cm³/mol. The van der Waals surface area contributed by atoms with Crippen molar-refractivity contribution in [1.29, 1.82) is 0 Å². The maximum atomic E-state index is 11.2. The molecule has 0 aliphatic carbocycles. The Kier molecular flexibility index (Phi) is 21.2. The van der Waals surface area contributed by atoms with Crippen molar-refractivity contribution in [2.75, 3.05) is 39.3 Å². The highest BCUT2D eigenvalue weighted by Crippen LogP contribution is 2.25. The summed E-state index contributed by atoms with van der Waals surface area (Å²) in [4.78, 5) is 15.9. The molecule has 3 heteroatoms. The molecule has 1 aliphatic heterocycles. The topological polar surface area (TPSA) is 23.6 Å². The minimum absolute atomic E-state index is 0.366. The molecule has 0 amide bonds. The Morgan fingerprint density at radius 2 is 1.36 bits per heavy atom. The third kappa shape index (κ3) is 15.5. The Bertz CT molecular complexity index is 335. The molecule has 1 rings (SSSR count). The van der Waals surface area contributed by atoms with Crippen molar-refractivity contribution < 1.29 is 4.79 Å². The minimum Gasteiger partial charge on any atom is -0.301 e. The first-order valence-corrected chi connectivity index (χ1v) is 12.3. The monoisotopic (exact) mass is 398 g/mol. The van der Waals surface area contributed by atoms with E-state index >= 15 is 0 Å². The highest BCUT2D eigenvalue weighted by molar-refractivity contribution is 5.80. The fourth-order valence-corrected chi connectivity index (χ4v) is 3.51. The number of Topliss-reactive ketones (excluding diaryl/α,β-unsaturated/α-hetero) is 1. The van der Waals surface area contributed by atoms with Crippen molar-refractivity contribution in [2.24, 2.45) is 17.8 Å². The highest BCUT2D eigenvalue weighted by atomic mass is 16.1. The van der Waals surface area contributed by atoms with E-state index in [2.05, 4.69) is 51.3 Å². The van der Waals surface area contributed by atoms with Crippen molar-refractivity contribution in [1.82, 2.24) is 9.80 Å². The first kappa shape index (κ1) is 29.8. The van der Waals surface area contributed by atoms with E-state index in [0.29, 0.717) is 18.7 Å². The van der Waals surface area contributed by atoms with Crippen LogP contribution in [0.25, 0.3) is 0 Å². The van der Waals surface area contributed by atoms with E-state index in [1.54, 1.807) is 0 Å². The van der Waals surface area contributed by atoms with Gasteiger partial charge >= 0.3 is 0 Å². The number of piperazine rings is 1. The summed E-state index contributed by atoms with van der Waals surface area (Å²) < 4.78 is 0. The maximum absolute atomic E-state index is 11.2. The summed E-state index contributed by atoms with van der Waals surface area (Å²) in [5.74, 6) is 3.14. The van der Waals surface area contributed by atoms with E-state index in [4.69, 9.17) is 0 Å². The molecule has 0 aromatic rings. The molecule has 170 valence electrons. The van der Waals surface area contributed by atoms with Gasteiger partial charge in [-0.25, -0.2) is 0 Å². The van der Waals surface area contributed by atoms with E-state index in [0.717, 1.165) is 50.5 Å². The largest absolute Gasteiger partial charge is 0.301 e. The second-order valence-electron chi connectivity index (χ2n) is 8.49. The molecule has 0 bridgehead atoms. The standard InChI is InChI=1S/C13H28.C10H20N2O.C2H6/c1-6-8-13(11(3)4)10-9-12(5)7-2;1-3-10(13)9-12-7-5-11(4-2)6-8-12;1-2/h11-13H,6-10H2,1-5H3;3-9H2,1-2H3;1-2H3. The fourth-order valence-electron chi connectivity index (χ4n) is 3.51. The lowest BCUT2D eigenvalue weighted by atomic mass is 9.85. The molecular formula is C25H54N2O. The number of hydrogen-bond donors (Lipinski definition) is 0. The van der Waals surface area contributed by atoms with Crippen LogP contribution in [0.4, 0.5) is 0 Å². The summed E-state index contributed by atoms with van der Waals surface area (Å²) in [6, 6.07) is 0. The number of ketones is 1. The van der Waals surface area contributed by atoms with Gasteiger partial charge in [0.15, 0.2) is 0 Å². The van der Waals surface area contributed by atoms with E-state index in [-0.39, 0.29) is 0 Å². The Hall–Kier alpha value is -0.410. The zero-order chi connectivity index (χ0) is 21.9. The highest BCUT2D eigenvalue weighted by Gasteiger charge is 2.16. The average Bonchev–Trinajstić information content (AvgIpc) is 2.72. The minimum atomic E-state index is 0.366. The first-order valence-electron chi connectivity index (χ1n) is 12.3. The van der Waals surface area contributed by atoms with Gasteiger partial charge < -0.3 is 4.90 Å². The molecule has 1 heterocycles. The third-order valence-corrected chi connectivity index (χ3v) is 6.04. The second-order valence-corrected chi connectivity index (χ2v) is 8.49. The molecule has 1 fully saturated rings. The van der Waals surface area contributed by atoms with Gasteiger partial charge in [0, 0.05) is 32.6 Å². The lowest BCUT2D eigenvalue weighted by Gasteiger charge is -2.33. The van der Waals surface area contributed by atoms with Crippen molar-refractivity contribution >= 4 is 5.78 Å². The van der Waals surface area contributed by atoms with Gasteiger partial charge in [0.2, 0.25) is 0 Å². The van der Waals surface area contributed by atoms with Gasteiger partial charge in [0.05, 0.1) is 6.54 Å². The number of nitrogens with zero attached hydrogens (tertiary/aromatic N) is 2. The molecule has 3 nitrogen and oxygen atoms in total. The average molecular weight is 399 g/mol. The van der Waals surface area contributed by atoms with Gasteiger partial charge in [-0.3, -0.25) is 9.69 Å². The summed E-state index contributed by atoms with van der Waals surface area (Å²) in [5, 5.41) is 0. The lowest BCUT2D eigenvalue weighted by Crippen LogP contribution is -2.47. The van der Waals surface area contributed by atoms with Crippen molar-refractivity contribution in [3.63, 3.8) is 0 Å². The number of carbonyl (C=O) groups is 1. The molecule has 0 spiro atoms. The summed E-state index contributed by atoms with van der Waals surface area (Å²) in [7, 11) is 0. The van der Waals surface area contributed by atoms with Crippen LogP contribution in [0.1, 0.15) is 101 Å². The SMILES string of the molecule is CC.CCC(=O)CN1CCN(CC)CC1.CCCC(CCC(C)CC)C(C)C. The maximum Gasteiger partial charge on any atom is 0.146 e. The van der Waals surface area contributed by atoms with Crippen molar-refractivity contribution in [3.05, 3.63) is 0 Å². The van der Waals surface area contributed by atoms with Gasteiger partial charge in [0.25, 0.3) is 0 Å². The van der Waals surface area contributed by atoms with Crippen LogP contribution in [-0.4, -0.2) is 54.9 Å². The van der Waals surface area contributed by atoms with E-state index in [1.807, 2.05) is 20.8 Å². The molecule has 1 aliphatic rings. The van der Waals surface area contributed by atoms with Gasteiger partial charge in [-0.2, -0.15) is 0 Å². The molecule has 2 atom stereocenters. The fraction of sp³-hybridized carbons (Fsp3) is 0.960. The Morgan fingerprint density at radius 3 is 1.75 bits per heavy atom. The zero-order valence-corrected chi connectivity index (χ0v) is 21.0. The lowest BCUT2D eigenvalue weighted by molar-refractivity contribution is -0.120. The molecule has 0 radical (unpaired) electrons. The molecule has 2 unspecified atom stereocenters. The third-order valence-electron chi connectivity index (χ3n) is 6.04. The molecular weight excluding hydrogens is 344 g/mol. The van der Waals surface area contributed by atoms with Crippen LogP contribution in [0.15, 0.2) is 0 Å². The summed E-state index contributed by atoms with van der Waals surface area (Å²) >= 11 is 0. The molecule has 0 aromatic carbocycles. The van der Waals surface area contributed by atoms with E-state index < -0.39 is 0 Å². The number of carbonyl (C=O) groups excluding carboxylic acids is 1. The normalized spacial score (nSPS) is 17.2. The molecule has 0 saturated carbocycles. The van der Waals surface area contributed by atoms with Crippen molar-refractivity contribution in [2.45, 2.75) is 101 Å². The summed E-state index contributed by atoms with van der Waals surface area (Å²) in [6.07, 6.45) is 7.67.